The molecule has 40 heavy (non-hydrogen) atoms. The fourth-order valence-electron chi connectivity index (χ4n) is 6.70. The van der Waals surface area contributed by atoms with Gasteiger partial charge in [0.15, 0.2) is 0 Å². The van der Waals surface area contributed by atoms with E-state index in [4.69, 9.17) is 14.5 Å². The summed E-state index contributed by atoms with van der Waals surface area (Å²) >= 11 is 0. The topological polar surface area (TPSA) is 54.9 Å². The maximum absolute atomic E-state index is 13.3. The van der Waals surface area contributed by atoms with Crippen LogP contribution in [-0.2, 0) is 11.3 Å². The molecule has 210 valence electrons. The Morgan fingerprint density at radius 3 is 2.33 bits per heavy atom. The minimum absolute atomic E-state index is 0.119. The van der Waals surface area contributed by atoms with Gasteiger partial charge in [-0.05, 0) is 81.3 Å². The monoisotopic (exact) mass is 539 g/mol. The van der Waals surface area contributed by atoms with E-state index in [1.54, 1.807) is 7.11 Å². The number of aryl methyl sites for hydroxylation is 2. The quantitative estimate of drug-likeness (QED) is 0.308. The fourth-order valence-corrected chi connectivity index (χ4v) is 6.70. The molecule has 3 fully saturated rings. The van der Waals surface area contributed by atoms with Gasteiger partial charge in [0.2, 0.25) is 0 Å². The minimum atomic E-state index is -0.308. The molecule has 6 rings (SSSR count). The zero-order valence-electron chi connectivity index (χ0n) is 24.3. The van der Waals surface area contributed by atoms with Gasteiger partial charge in [0.25, 0.3) is 0 Å². The summed E-state index contributed by atoms with van der Waals surface area (Å²) in [5, 5.41) is 0. The van der Waals surface area contributed by atoms with Gasteiger partial charge in [0.1, 0.15) is 17.7 Å². The number of carbonyl (C=O) groups excluding carboxylic acids is 1. The second-order valence-corrected chi connectivity index (χ2v) is 11.9. The predicted molar refractivity (Wildman–Crippen MR) is 159 cm³/mol. The van der Waals surface area contributed by atoms with Crippen LogP contribution in [0.1, 0.15) is 85.4 Å². The molecule has 1 amide bonds. The Balaban J connectivity index is 1.37. The van der Waals surface area contributed by atoms with E-state index in [0.29, 0.717) is 12.5 Å². The first-order valence-corrected chi connectivity index (χ1v) is 14.9. The normalized spacial score (nSPS) is 21.4. The zero-order chi connectivity index (χ0) is 27.8. The van der Waals surface area contributed by atoms with Crippen LogP contribution in [0.3, 0.4) is 0 Å². The van der Waals surface area contributed by atoms with Crippen molar-refractivity contribution in [1.82, 2.24) is 9.88 Å². The molecule has 1 aliphatic carbocycles. The summed E-state index contributed by atoms with van der Waals surface area (Å²) in [6.07, 6.45) is 6.98. The first-order valence-electron chi connectivity index (χ1n) is 14.9. The highest BCUT2D eigenvalue weighted by Gasteiger charge is 2.40. The van der Waals surface area contributed by atoms with Crippen molar-refractivity contribution < 1.29 is 14.3 Å². The third-order valence-corrected chi connectivity index (χ3v) is 9.01. The molecule has 3 aliphatic rings. The van der Waals surface area contributed by atoms with Crippen LogP contribution >= 0.6 is 0 Å². The van der Waals surface area contributed by atoms with Gasteiger partial charge in [-0.3, -0.25) is 4.90 Å². The Bertz CT molecular complexity index is 1370. The number of ether oxygens (including phenoxy) is 2. The standard InChI is InChI=1S/C34H41N3O3/c1-22-17-23(2)19-27(18-22)33-24(3)37(34(38)40-33)21-30-28(12-14-32(35-30)36-15-8-16-36)29-20-26(11-13-31(29)39-4)25-9-6-5-7-10-25/h11-14,17-20,24-25,33H,5-10,15-16,21H2,1-4H3/t24-,33-/m0/s1. The molecule has 2 atom stereocenters. The van der Waals surface area contributed by atoms with Crippen LogP contribution in [0, 0.1) is 13.8 Å². The molecule has 0 N–H and O–H groups in total. The molecule has 6 nitrogen and oxygen atoms in total. The van der Waals surface area contributed by atoms with E-state index in [2.05, 4.69) is 74.2 Å². The highest BCUT2D eigenvalue weighted by atomic mass is 16.6. The average Bonchev–Trinajstić information content (AvgIpc) is 3.20. The number of amides is 1. The third-order valence-electron chi connectivity index (χ3n) is 9.01. The number of pyridine rings is 1. The van der Waals surface area contributed by atoms with E-state index in [1.165, 1.54) is 55.2 Å². The summed E-state index contributed by atoms with van der Waals surface area (Å²) in [5.74, 6) is 2.39. The van der Waals surface area contributed by atoms with Crippen molar-refractivity contribution in [3.8, 4) is 16.9 Å². The predicted octanol–water partition coefficient (Wildman–Crippen LogP) is 7.71. The summed E-state index contributed by atoms with van der Waals surface area (Å²) < 4.78 is 11.9. The van der Waals surface area contributed by atoms with E-state index < -0.39 is 0 Å². The lowest BCUT2D eigenvalue weighted by atomic mass is 9.83. The van der Waals surface area contributed by atoms with E-state index in [0.717, 1.165) is 47.0 Å². The van der Waals surface area contributed by atoms with Crippen molar-refractivity contribution in [2.24, 2.45) is 0 Å². The van der Waals surface area contributed by atoms with Crippen molar-refractivity contribution in [3.05, 3.63) is 76.5 Å². The van der Waals surface area contributed by atoms with Gasteiger partial charge in [-0.25, -0.2) is 9.78 Å². The smallest absolute Gasteiger partial charge is 0.411 e. The lowest BCUT2D eigenvalue weighted by molar-refractivity contribution is 0.130. The number of hydrogen-bond donors (Lipinski definition) is 0. The number of anilines is 1. The van der Waals surface area contributed by atoms with E-state index >= 15 is 0 Å². The van der Waals surface area contributed by atoms with Crippen LogP contribution < -0.4 is 9.64 Å². The van der Waals surface area contributed by atoms with Crippen molar-refractivity contribution in [3.63, 3.8) is 0 Å². The van der Waals surface area contributed by atoms with Gasteiger partial charge in [0, 0.05) is 24.2 Å². The number of methoxy groups -OCH3 is 1. The lowest BCUT2D eigenvalue weighted by Crippen LogP contribution is -2.38. The Kier molecular flexibility index (Phi) is 7.43. The van der Waals surface area contributed by atoms with Gasteiger partial charge >= 0.3 is 6.09 Å². The molecule has 1 saturated carbocycles. The molecule has 1 aromatic heterocycles. The molecule has 0 unspecified atom stereocenters. The molecule has 2 aromatic carbocycles. The summed E-state index contributed by atoms with van der Waals surface area (Å²) in [6, 6.07) is 17.2. The average molecular weight is 540 g/mol. The Morgan fingerprint density at radius 2 is 1.65 bits per heavy atom. The van der Waals surface area contributed by atoms with Gasteiger partial charge in [-0.15, -0.1) is 0 Å². The molecule has 3 aromatic rings. The maximum Gasteiger partial charge on any atom is 0.411 e. The molecule has 0 spiro atoms. The summed E-state index contributed by atoms with van der Waals surface area (Å²) in [7, 11) is 1.73. The van der Waals surface area contributed by atoms with Crippen molar-refractivity contribution in [1.29, 1.82) is 0 Å². The van der Waals surface area contributed by atoms with Gasteiger partial charge < -0.3 is 14.4 Å². The van der Waals surface area contributed by atoms with E-state index in [1.807, 2.05) is 4.90 Å². The summed E-state index contributed by atoms with van der Waals surface area (Å²) in [5.41, 5.74) is 7.72. The van der Waals surface area contributed by atoms with Crippen LogP contribution in [0.4, 0.5) is 10.6 Å². The number of benzene rings is 2. The highest BCUT2D eigenvalue weighted by Crippen LogP contribution is 2.41. The van der Waals surface area contributed by atoms with Crippen LogP contribution in [-0.4, -0.2) is 42.2 Å². The number of carbonyl (C=O) groups is 1. The molecular weight excluding hydrogens is 498 g/mol. The van der Waals surface area contributed by atoms with Crippen molar-refractivity contribution in [2.45, 2.75) is 83.9 Å². The second-order valence-electron chi connectivity index (χ2n) is 11.9. The highest BCUT2D eigenvalue weighted by molar-refractivity contribution is 5.76. The summed E-state index contributed by atoms with van der Waals surface area (Å²) in [4.78, 5) is 22.6. The molecule has 2 aliphatic heterocycles. The number of aromatic nitrogens is 1. The van der Waals surface area contributed by atoms with Crippen LogP contribution in [0.2, 0.25) is 0 Å². The summed E-state index contributed by atoms with van der Waals surface area (Å²) in [6.45, 7) is 8.67. The first-order chi connectivity index (χ1) is 19.4. The molecule has 3 heterocycles. The number of rotatable bonds is 7. The van der Waals surface area contributed by atoms with Crippen molar-refractivity contribution in [2.75, 3.05) is 25.1 Å². The Hall–Kier alpha value is -3.54. The van der Waals surface area contributed by atoms with Crippen LogP contribution in [0.25, 0.3) is 11.1 Å². The number of hydrogen-bond acceptors (Lipinski definition) is 5. The molecular formula is C34H41N3O3. The fraction of sp³-hybridized carbons (Fsp3) is 0.471. The lowest BCUT2D eigenvalue weighted by Gasteiger charge is -2.33. The second kappa shape index (κ2) is 11.1. The molecule has 2 saturated heterocycles. The largest absolute Gasteiger partial charge is 0.496 e. The Labute approximate surface area is 238 Å². The maximum atomic E-state index is 13.3. The molecule has 6 heteroatoms. The van der Waals surface area contributed by atoms with Crippen molar-refractivity contribution >= 4 is 11.9 Å². The van der Waals surface area contributed by atoms with E-state index in [-0.39, 0.29) is 18.2 Å². The number of cyclic esters (lactones) is 1. The Morgan fingerprint density at radius 1 is 0.900 bits per heavy atom. The van der Waals surface area contributed by atoms with E-state index in [9.17, 15) is 4.79 Å². The molecule has 0 bridgehead atoms. The first kappa shape index (κ1) is 26.7. The zero-order valence-corrected chi connectivity index (χ0v) is 24.3. The van der Waals surface area contributed by atoms with Gasteiger partial charge in [-0.1, -0.05) is 54.7 Å². The van der Waals surface area contributed by atoms with Gasteiger partial charge in [-0.2, -0.15) is 0 Å². The third kappa shape index (κ3) is 5.16. The SMILES string of the molecule is COc1ccc(C2CCCCC2)cc1-c1ccc(N2CCC2)nc1CN1C(=O)O[C@H](c2cc(C)cc(C)c2)[C@@H]1C. The van der Waals surface area contributed by atoms with Crippen LogP contribution in [0.5, 0.6) is 5.75 Å². The van der Waals surface area contributed by atoms with Crippen LogP contribution in [0.15, 0.2) is 48.5 Å². The van der Waals surface area contributed by atoms with Gasteiger partial charge in [0.05, 0.1) is 25.4 Å². The minimum Gasteiger partial charge on any atom is -0.496 e. The number of nitrogens with zero attached hydrogens (tertiary/aromatic N) is 3. The molecule has 0 radical (unpaired) electrons.